The van der Waals surface area contributed by atoms with Gasteiger partial charge in [0.2, 0.25) is 5.95 Å². The fraction of sp³-hybridized carbons (Fsp3) is 0.452. The molecule has 7 nitrogen and oxygen atoms in total. The standard InChI is InChI=1S/C31H40ClN5O2Si/c1-30(2,3)24-15-17-31(18-16-24,39-40(4)5)35-28-33-19-23-21-36(26-14-10-9-13-25(26)32)29(38)37(27(23)34-28)20-22-11-7-6-8-12-22/h6-14,19,24,40H,15-18,20-21H2,1-5H3,(H,33,34,35). The number of urea groups is 1. The number of nitrogens with one attached hydrogen (secondary N) is 1. The molecule has 0 saturated heterocycles. The van der Waals surface area contributed by atoms with Crippen LogP contribution >= 0.6 is 11.6 Å². The number of aromatic nitrogens is 2. The predicted octanol–water partition coefficient (Wildman–Crippen LogP) is 7.62. The highest BCUT2D eigenvalue weighted by Crippen LogP contribution is 2.43. The Bertz CT molecular complexity index is 1340. The number of fused-ring (bicyclic) bond motifs is 1. The highest BCUT2D eigenvalue weighted by molar-refractivity contribution is 6.48. The molecule has 2 heterocycles. The number of carbonyl (C=O) groups is 1. The third kappa shape index (κ3) is 6.19. The maximum atomic E-state index is 14.0. The van der Waals surface area contributed by atoms with E-state index >= 15 is 0 Å². The first-order valence-corrected chi connectivity index (χ1v) is 17.4. The number of benzene rings is 2. The number of hydrogen-bond donors (Lipinski definition) is 1. The van der Waals surface area contributed by atoms with Crippen LogP contribution in [0.1, 0.15) is 57.6 Å². The summed E-state index contributed by atoms with van der Waals surface area (Å²) >= 11 is 6.52. The van der Waals surface area contributed by atoms with Crippen LogP contribution in [-0.2, 0) is 17.5 Å². The Balaban J connectivity index is 1.48. The SMILES string of the molecule is C[SiH](C)OC1(Nc2ncc3c(n2)N(Cc2ccccc2)C(=O)N(c2ccccc2Cl)C3)CCC(C(C)(C)C)CC1. The minimum absolute atomic E-state index is 0.166. The average Bonchev–Trinajstić information content (AvgIpc) is 2.91. The van der Waals surface area contributed by atoms with Gasteiger partial charge in [0.1, 0.15) is 11.5 Å². The van der Waals surface area contributed by atoms with Crippen molar-refractivity contribution in [3.05, 3.63) is 76.9 Å². The zero-order valence-corrected chi connectivity index (χ0v) is 26.1. The van der Waals surface area contributed by atoms with E-state index in [0.717, 1.165) is 36.8 Å². The monoisotopic (exact) mass is 577 g/mol. The second kappa shape index (κ2) is 11.5. The van der Waals surface area contributed by atoms with Crippen molar-refractivity contribution in [2.45, 2.75) is 78.4 Å². The lowest BCUT2D eigenvalue weighted by Crippen LogP contribution is -2.49. The van der Waals surface area contributed by atoms with E-state index in [1.807, 2.05) is 54.7 Å². The molecule has 0 bridgehead atoms. The molecule has 2 aromatic carbocycles. The third-order valence-electron chi connectivity index (χ3n) is 8.03. The van der Waals surface area contributed by atoms with Crippen molar-refractivity contribution in [1.29, 1.82) is 0 Å². The van der Waals surface area contributed by atoms with Crippen LogP contribution in [0.2, 0.25) is 18.1 Å². The third-order valence-corrected chi connectivity index (χ3v) is 9.28. The van der Waals surface area contributed by atoms with Crippen LogP contribution in [0.3, 0.4) is 0 Å². The second-order valence-corrected chi connectivity index (χ2v) is 15.1. The second-order valence-electron chi connectivity index (χ2n) is 12.4. The van der Waals surface area contributed by atoms with Crippen LogP contribution in [0.5, 0.6) is 0 Å². The van der Waals surface area contributed by atoms with Crippen LogP contribution in [0.15, 0.2) is 60.8 Å². The molecule has 0 unspecified atom stereocenters. The molecule has 212 valence electrons. The van der Waals surface area contributed by atoms with Crippen molar-refractivity contribution in [2.75, 3.05) is 15.1 Å². The zero-order valence-electron chi connectivity index (χ0n) is 24.2. The number of anilines is 3. The van der Waals surface area contributed by atoms with Crippen LogP contribution < -0.4 is 15.1 Å². The van der Waals surface area contributed by atoms with Crippen molar-refractivity contribution in [3.63, 3.8) is 0 Å². The van der Waals surface area contributed by atoms with Gasteiger partial charge >= 0.3 is 6.03 Å². The van der Waals surface area contributed by atoms with Gasteiger partial charge in [-0.2, -0.15) is 4.98 Å². The van der Waals surface area contributed by atoms with E-state index in [-0.39, 0.29) is 11.4 Å². The van der Waals surface area contributed by atoms with Crippen LogP contribution in [-0.4, -0.2) is 30.8 Å². The van der Waals surface area contributed by atoms with Gasteiger partial charge in [-0.15, -0.1) is 0 Å². The Morgan fingerprint density at radius 2 is 1.75 bits per heavy atom. The van der Waals surface area contributed by atoms with Crippen molar-refractivity contribution in [2.24, 2.45) is 11.3 Å². The summed E-state index contributed by atoms with van der Waals surface area (Å²) in [6, 6.07) is 17.2. The Labute approximate surface area is 244 Å². The maximum Gasteiger partial charge on any atom is 0.330 e. The minimum atomic E-state index is -1.36. The number of amides is 2. The van der Waals surface area contributed by atoms with Crippen molar-refractivity contribution in [1.82, 2.24) is 9.97 Å². The van der Waals surface area contributed by atoms with E-state index in [1.165, 1.54) is 0 Å². The zero-order chi connectivity index (χ0) is 28.5. The first kappa shape index (κ1) is 28.6. The van der Waals surface area contributed by atoms with E-state index in [9.17, 15) is 4.79 Å². The molecule has 9 heteroatoms. The summed E-state index contributed by atoms with van der Waals surface area (Å²) in [7, 11) is -1.36. The van der Waals surface area contributed by atoms with Crippen molar-refractivity contribution in [3.8, 4) is 0 Å². The van der Waals surface area contributed by atoms with Crippen LogP contribution in [0, 0.1) is 11.3 Å². The summed E-state index contributed by atoms with van der Waals surface area (Å²) in [5, 5.41) is 4.15. The first-order valence-electron chi connectivity index (χ1n) is 14.2. The molecule has 1 fully saturated rings. The summed E-state index contributed by atoms with van der Waals surface area (Å²) in [6.07, 6.45) is 5.84. The molecular weight excluding hydrogens is 538 g/mol. The summed E-state index contributed by atoms with van der Waals surface area (Å²) in [4.78, 5) is 27.1. The van der Waals surface area contributed by atoms with Gasteiger partial charge in [-0.1, -0.05) is 74.8 Å². The molecule has 40 heavy (non-hydrogen) atoms. The molecular formula is C31H40ClN5O2Si. The molecule has 1 aromatic heterocycles. The van der Waals surface area contributed by atoms with Gasteiger partial charge in [-0.05, 0) is 67.8 Å². The van der Waals surface area contributed by atoms with Gasteiger partial charge in [-0.25, -0.2) is 9.78 Å². The number of hydrogen-bond acceptors (Lipinski definition) is 5. The van der Waals surface area contributed by atoms with E-state index < -0.39 is 14.8 Å². The smallest absolute Gasteiger partial charge is 0.330 e. The van der Waals surface area contributed by atoms with Crippen LogP contribution in [0.4, 0.5) is 22.2 Å². The lowest BCUT2D eigenvalue weighted by Gasteiger charge is -2.45. The number of halogens is 1. The Morgan fingerprint density at radius 1 is 1.07 bits per heavy atom. The lowest BCUT2D eigenvalue weighted by molar-refractivity contribution is 0.0169. The Hall–Kier alpha value is -2.94. The topological polar surface area (TPSA) is 70.6 Å². The van der Waals surface area contributed by atoms with E-state index in [1.54, 1.807) is 15.9 Å². The summed E-state index contributed by atoms with van der Waals surface area (Å²) in [6.45, 7) is 12.1. The van der Waals surface area contributed by atoms with E-state index in [4.69, 9.17) is 26.0 Å². The van der Waals surface area contributed by atoms with Gasteiger partial charge in [0, 0.05) is 11.8 Å². The highest BCUT2D eigenvalue weighted by atomic mass is 35.5. The molecule has 1 saturated carbocycles. The molecule has 1 aliphatic heterocycles. The van der Waals surface area contributed by atoms with Gasteiger partial charge in [0.05, 0.1) is 23.8 Å². The summed E-state index contributed by atoms with van der Waals surface area (Å²) in [5.74, 6) is 1.77. The van der Waals surface area contributed by atoms with Crippen molar-refractivity contribution < 1.29 is 9.22 Å². The summed E-state index contributed by atoms with van der Waals surface area (Å²) in [5.41, 5.74) is 2.34. The highest BCUT2D eigenvalue weighted by Gasteiger charge is 2.41. The number of nitrogens with zero attached hydrogens (tertiary/aromatic N) is 4. The average molecular weight is 578 g/mol. The van der Waals surface area contributed by atoms with Gasteiger partial charge < -0.3 is 9.74 Å². The molecule has 0 radical (unpaired) electrons. The largest absolute Gasteiger partial charge is 0.399 e. The molecule has 3 aromatic rings. The minimum Gasteiger partial charge on any atom is -0.399 e. The fourth-order valence-electron chi connectivity index (χ4n) is 5.92. The molecule has 5 rings (SSSR count). The summed E-state index contributed by atoms with van der Waals surface area (Å²) < 4.78 is 6.66. The first-order chi connectivity index (χ1) is 19.0. The molecule has 1 aliphatic carbocycles. The van der Waals surface area contributed by atoms with Crippen molar-refractivity contribution >= 4 is 44.1 Å². The number of rotatable bonds is 7. The van der Waals surface area contributed by atoms with Crippen LogP contribution in [0.25, 0.3) is 0 Å². The molecule has 0 atom stereocenters. The van der Waals surface area contributed by atoms with Gasteiger partial charge in [0.25, 0.3) is 0 Å². The number of carbonyl (C=O) groups excluding carboxylic acids is 1. The van der Waals surface area contributed by atoms with E-state index in [0.29, 0.717) is 41.5 Å². The van der Waals surface area contributed by atoms with Gasteiger partial charge in [-0.3, -0.25) is 9.80 Å². The van der Waals surface area contributed by atoms with Gasteiger partial charge in [0.15, 0.2) is 9.04 Å². The predicted molar refractivity (Wildman–Crippen MR) is 165 cm³/mol. The Kier molecular flexibility index (Phi) is 8.22. The maximum absolute atomic E-state index is 14.0. The van der Waals surface area contributed by atoms with E-state index in [2.05, 4.69) is 39.2 Å². The normalized spacial score (nSPS) is 21.5. The number of para-hydroxylation sites is 1. The quantitative estimate of drug-likeness (QED) is 0.231. The fourth-order valence-corrected chi connectivity index (χ4v) is 7.36. The molecule has 1 N–H and O–H groups in total. The molecule has 0 spiro atoms. The molecule has 2 aliphatic rings. The molecule has 2 amide bonds. The Morgan fingerprint density at radius 3 is 2.40 bits per heavy atom. The lowest BCUT2D eigenvalue weighted by atomic mass is 9.70.